The maximum Gasteiger partial charge on any atom is 0.272 e. The van der Waals surface area contributed by atoms with Crippen molar-refractivity contribution in [2.75, 3.05) is 13.1 Å². The van der Waals surface area contributed by atoms with Crippen LogP contribution in [0.4, 0.5) is 0 Å². The first-order valence-electron chi connectivity index (χ1n) is 8.69. The van der Waals surface area contributed by atoms with E-state index in [1.54, 1.807) is 6.07 Å². The third-order valence-electron chi connectivity index (χ3n) is 4.72. The Kier molecular flexibility index (Phi) is 4.67. The zero-order chi connectivity index (χ0) is 17.9. The van der Waals surface area contributed by atoms with Crippen molar-refractivity contribution in [2.24, 2.45) is 0 Å². The molecule has 1 aliphatic heterocycles. The van der Waals surface area contributed by atoms with Gasteiger partial charge in [0.15, 0.2) is 0 Å². The number of amides is 2. The fourth-order valence-corrected chi connectivity index (χ4v) is 3.87. The van der Waals surface area contributed by atoms with Gasteiger partial charge in [-0.3, -0.25) is 9.59 Å². The number of likely N-dealkylation sites (tertiary alicyclic amines) is 1. The normalized spacial score (nSPS) is 15.2. The molecule has 26 heavy (non-hydrogen) atoms. The first kappa shape index (κ1) is 16.7. The summed E-state index contributed by atoms with van der Waals surface area (Å²) in [5.74, 6) is -0.0782. The smallest absolute Gasteiger partial charge is 0.272 e. The predicted molar refractivity (Wildman–Crippen MR) is 102 cm³/mol. The van der Waals surface area contributed by atoms with E-state index in [1.807, 2.05) is 52.1 Å². The van der Waals surface area contributed by atoms with Crippen molar-refractivity contribution in [1.82, 2.24) is 15.2 Å². The lowest BCUT2D eigenvalue weighted by atomic mass is 10.0. The first-order valence-corrected chi connectivity index (χ1v) is 9.63. The van der Waals surface area contributed by atoms with Gasteiger partial charge in [-0.05, 0) is 36.4 Å². The molecule has 0 aliphatic carbocycles. The van der Waals surface area contributed by atoms with Gasteiger partial charge in [0.25, 0.3) is 11.8 Å². The largest absolute Gasteiger partial charge is 0.349 e. The van der Waals surface area contributed by atoms with E-state index in [9.17, 15) is 9.59 Å². The quantitative estimate of drug-likeness (QED) is 0.774. The Bertz CT molecular complexity index is 931. The van der Waals surface area contributed by atoms with Crippen LogP contribution < -0.4 is 5.32 Å². The van der Waals surface area contributed by atoms with Gasteiger partial charge >= 0.3 is 0 Å². The first-order chi connectivity index (χ1) is 12.7. The maximum absolute atomic E-state index is 12.7. The Morgan fingerprint density at radius 1 is 1.08 bits per heavy atom. The molecular formula is C20H19N3O2S. The Hall–Kier alpha value is -2.73. The number of nitrogens with one attached hydrogen (secondary N) is 1. The van der Waals surface area contributed by atoms with Crippen LogP contribution in [0.3, 0.4) is 0 Å². The zero-order valence-electron chi connectivity index (χ0n) is 14.2. The summed E-state index contributed by atoms with van der Waals surface area (Å²) >= 11 is 1.51. The highest BCUT2D eigenvalue weighted by molar-refractivity contribution is 7.08. The highest BCUT2D eigenvalue weighted by Gasteiger charge is 2.25. The SMILES string of the molecule is O=C(NC1CCN(C(=O)c2ccc3ccccc3n2)CC1)c1ccsc1. The van der Waals surface area contributed by atoms with E-state index in [0.717, 1.165) is 23.7 Å². The number of hydrogen-bond acceptors (Lipinski definition) is 4. The van der Waals surface area contributed by atoms with Crippen LogP contribution in [0.15, 0.2) is 53.2 Å². The molecule has 2 amide bonds. The second-order valence-electron chi connectivity index (χ2n) is 6.44. The second-order valence-corrected chi connectivity index (χ2v) is 7.22. The van der Waals surface area contributed by atoms with Crippen molar-refractivity contribution < 1.29 is 9.59 Å². The lowest BCUT2D eigenvalue weighted by Gasteiger charge is -2.32. The molecule has 3 heterocycles. The van der Waals surface area contributed by atoms with Gasteiger partial charge in [-0.2, -0.15) is 11.3 Å². The number of aromatic nitrogens is 1. The summed E-state index contributed by atoms with van der Waals surface area (Å²) < 4.78 is 0. The fourth-order valence-electron chi connectivity index (χ4n) is 3.24. The van der Waals surface area contributed by atoms with E-state index in [4.69, 9.17) is 0 Å². The van der Waals surface area contributed by atoms with Crippen molar-refractivity contribution in [2.45, 2.75) is 18.9 Å². The van der Waals surface area contributed by atoms with Crippen molar-refractivity contribution in [3.63, 3.8) is 0 Å². The van der Waals surface area contributed by atoms with E-state index in [-0.39, 0.29) is 17.9 Å². The minimum atomic E-state index is -0.0432. The molecule has 6 heteroatoms. The number of piperidine rings is 1. The molecule has 0 spiro atoms. The molecule has 5 nitrogen and oxygen atoms in total. The summed E-state index contributed by atoms with van der Waals surface area (Å²) in [5.41, 5.74) is 2.01. The molecule has 4 rings (SSSR count). The number of carbonyl (C=O) groups is 2. The molecule has 2 aromatic heterocycles. The molecule has 1 fully saturated rings. The standard InChI is InChI=1S/C20H19N3O2S/c24-19(15-9-12-26-13-15)21-16-7-10-23(11-8-16)20(25)18-6-5-14-3-1-2-4-17(14)22-18/h1-6,9,12-13,16H,7-8,10-11H2,(H,21,24). The van der Waals surface area contributed by atoms with Crippen molar-refractivity contribution in [3.05, 3.63) is 64.5 Å². The Morgan fingerprint density at radius 3 is 2.65 bits per heavy atom. The molecule has 1 saturated heterocycles. The van der Waals surface area contributed by atoms with Gasteiger partial charge in [0.2, 0.25) is 0 Å². The van der Waals surface area contributed by atoms with Gasteiger partial charge in [0, 0.05) is 35.5 Å². The Balaban J connectivity index is 1.37. The topological polar surface area (TPSA) is 62.3 Å². The van der Waals surface area contributed by atoms with Crippen LogP contribution >= 0.6 is 11.3 Å². The number of benzene rings is 1. The van der Waals surface area contributed by atoms with Crippen LogP contribution in [0.2, 0.25) is 0 Å². The summed E-state index contributed by atoms with van der Waals surface area (Å²) in [6, 6.07) is 13.4. The van der Waals surface area contributed by atoms with Gasteiger partial charge in [-0.1, -0.05) is 24.3 Å². The minimum Gasteiger partial charge on any atom is -0.349 e. The lowest BCUT2D eigenvalue weighted by Crippen LogP contribution is -2.46. The fraction of sp³-hybridized carbons (Fsp3) is 0.250. The van der Waals surface area contributed by atoms with E-state index >= 15 is 0 Å². The summed E-state index contributed by atoms with van der Waals surface area (Å²) in [5, 5.41) is 7.83. The number of rotatable bonds is 3. The number of hydrogen-bond donors (Lipinski definition) is 1. The molecule has 0 bridgehead atoms. The number of thiophene rings is 1. The van der Waals surface area contributed by atoms with Crippen LogP contribution in [0.1, 0.15) is 33.7 Å². The molecule has 3 aromatic rings. The van der Waals surface area contributed by atoms with Crippen molar-refractivity contribution >= 4 is 34.1 Å². The van der Waals surface area contributed by atoms with Crippen molar-refractivity contribution in [1.29, 1.82) is 0 Å². The summed E-state index contributed by atoms with van der Waals surface area (Å²) in [6.07, 6.45) is 1.52. The van der Waals surface area contributed by atoms with Gasteiger partial charge < -0.3 is 10.2 Å². The molecule has 0 saturated carbocycles. The summed E-state index contributed by atoms with van der Waals surface area (Å²) in [7, 11) is 0. The van der Waals surface area contributed by atoms with Crippen LogP contribution in [0.5, 0.6) is 0 Å². The number of para-hydroxylation sites is 1. The van der Waals surface area contributed by atoms with E-state index in [0.29, 0.717) is 24.3 Å². The van der Waals surface area contributed by atoms with Gasteiger partial charge in [-0.15, -0.1) is 0 Å². The van der Waals surface area contributed by atoms with Gasteiger partial charge in [0.05, 0.1) is 5.52 Å². The average Bonchev–Trinajstić information content (AvgIpc) is 3.23. The Labute approximate surface area is 155 Å². The number of pyridine rings is 1. The monoisotopic (exact) mass is 365 g/mol. The van der Waals surface area contributed by atoms with E-state index in [2.05, 4.69) is 10.3 Å². The van der Waals surface area contributed by atoms with E-state index in [1.165, 1.54) is 11.3 Å². The molecule has 1 aromatic carbocycles. The van der Waals surface area contributed by atoms with Crippen molar-refractivity contribution in [3.8, 4) is 0 Å². The van der Waals surface area contributed by atoms with Gasteiger partial charge in [0.1, 0.15) is 5.69 Å². The minimum absolute atomic E-state index is 0.0350. The van der Waals surface area contributed by atoms with Gasteiger partial charge in [-0.25, -0.2) is 4.98 Å². The van der Waals surface area contributed by atoms with E-state index < -0.39 is 0 Å². The molecule has 1 aliphatic rings. The molecule has 1 N–H and O–H groups in total. The highest BCUT2D eigenvalue weighted by atomic mass is 32.1. The molecule has 132 valence electrons. The number of carbonyl (C=O) groups excluding carboxylic acids is 2. The predicted octanol–water partition coefficient (Wildman–Crippen LogP) is 3.33. The highest BCUT2D eigenvalue weighted by Crippen LogP contribution is 2.17. The summed E-state index contributed by atoms with van der Waals surface area (Å²) in [6.45, 7) is 1.25. The molecule has 0 radical (unpaired) electrons. The van der Waals surface area contributed by atoms with Crippen LogP contribution in [-0.4, -0.2) is 40.8 Å². The third kappa shape index (κ3) is 3.46. The molecule has 0 unspecified atom stereocenters. The van der Waals surface area contributed by atoms with Crippen LogP contribution in [0, 0.1) is 0 Å². The molecular weight excluding hydrogens is 346 g/mol. The average molecular weight is 365 g/mol. The van der Waals surface area contributed by atoms with Crippen LogP contribution in [-0.2, 0) is 0 Å². The number of nitrogens with zero attached hydrogens (tertiary/aromatic N) is 2. The zero-order valence-corrected chi connectivity index (χ0v) is 15.0. The molecule has 0 atom stereocenters. The summed E-state index contributed by atoms with van der Waals surface area (Å²) in [4.78, 5) is 31.2. The Morgan fingerprint density at radius 2 is 1.88 bits per heavy atom. The maximum atomic E-state index is 12.7. The third-order valence-corrected chi connectivity index (χ3v) is 5.40. The number of fused-ring (bicyclic) bond motifs is 1. The lowest BCUT2D eigenvalue weighted by molar-refractivity contribution is 0.0693. The van der Waals surface area contributed by atoms with Crippen LogP contribution in [0.25, 0.3) is 10.9 Å². The second kappa shape index (κ2) is 7.25.